The van der Waals surface area contributed by atoms with Crippen molar-refractivity contribution in [2.75, 3.05) is 5.32 Å². The SMILES string of the molecule is CC(=O)Nc1cc(C(=O)O)nn1C. The highest BCUT2D eigenvalue weighted by Crippen LogP contribution is 2.08. The maximum absolute atomic E-state index is 10.6. The molecule has 6 nitrogen and oxygen atoms in total. The third-order valence-electron chi connectivity index (χ3n) is 1.40. The van der Waals surface area contributed by atoms with Crippen LogP contribution in [-0.4, -0.2) is 26.8 Å². The maximum Gasteiger partial charge on any atom is 0.356 e. The molecule has 0 aromatic carbocycles. The first-order valence-corrected chi connectivity index (χ1v) is 3.55. The molecule has 0 spiro atoms. The Morgan fingerprint density at radius 2 is 2.23 bits per heavy atom. The van der Waals surface area contributed by atoms with Crippen molar-refractivity contribution in [1.82, 2.24) is 9.78 Å². The molecule has 0 radical (unpaired) electrons. The van der Waals surface area contributed by atoms with E-state index in [1.54, 1.807) is 7.05 Å². The molecule has 0 saturated heterocycles. The van der Waals surface area contributed by atoms with Crippen LogP contribution in [0.4, 0.5) is 5.82 Å². The minimum atomic E-state index is -1.12. The Balaban J connectivity index is 2.96. The number of nitrogens with one attached hydrogen (secondary N) is 1. The second-order valence-electron chi connectivity index (χ2n) is 2.52. The van der Waals surface area contributed by atoms with Gasteiger partial charge in [0.05, 0.1) is 0 Å². The average molecular weight is 183 g/mol. The number of hydrogen-bond acceptors (Lipinski definition) is 3. The van der Waals surface area contributed by atoms with Gasteiger partial charge in [0.25, 0.3) is 0 Å². The van der Waals surface area contributed by atoms with Crippen LogP contribution in [0.1, 0.15) is 17.4 Å². The van der Waals surface area contributed by atoms with Crippen LogP contribution >= 0.6 is 0 Å². The second kappa shape index (κ2) is 3.26. The fourth-order valence-corrected chi connectivity index (χ4v) is 0.869. The quantitative estimate of drug-likeness (QED) is 0.679. The number of rotatable bonds is 2. The number of aromatic nitrogens is 2. The molecule has 1 aromatic rings. The Morgan fingerprint density at radius 1 is 1.62 bits per heavy atom. The second-order valence-corrected chi connectivity index (χ2v) is 2.52. The number of anilines is 1. The van der Waals surface area contributed by atoms with Gasteiger partial charge in [0.15, 0.2) is 5.69 Å². The molecule has 1 amide bonds. The van der Waals surface area contributed by atoms with Crippen LogP contribution in [0.3, 0.4) is 0 Å². The first-order chi connectivity index (χ1) is 6.00. The van der Waals surface area contributed by atoms with Gasteiger partial charge < -0.3 is 10.4 Å². The van der Waals surface area contributed by atoms with Crippen LogP contribution in [0.2, 0.25) is 0 Å². The Hall–Kier alpha value is -1.85. The normalized spacial score (nSPS) is 9.69. The number of hydrogen-bond donors (Lipinski definition) is 2. The van der Waals surface area contributed by atoms with E-state index in [4.69, 9.17) is 5.11 Å². The van der Waals surface area contributed by atoms with Crippen molar-refractivity contribution in [3.63, 3.8) is 0 Å². The molecule has 0 aliphatic carbocycles. The highest BCUT2D eigenvalue weighted by atomic mass is 16.4. The summed E-state index contributed by atoms with van der Waals surface area (Å²) < 4.78 is 1.30. The number of nitrogens with zero attached hydrogens (tertiary/aromatic N) is 2. The van der Waals surface area contributed by atoms with Crippen LogP contribution in [0.5, 0.6) is 0 Å². The standard InChI is InChI=1S/C7H9N3O3/c1-4(11)8-6-3-5(7(12)13)9-10(6)2/h3H,1-2H3,(H,8,11)(H,12,13). The lowest BCUT2D eigenvalue weighted by Gasteiger charge is -1.99. The zero-order chi connectivity index (χ0) is 10.0. The highest BCUT2D eigenvalue weighted by molar-refractivity contribution is 5.91. The van der Waals surface area contributed by atoms with Crippen molar-refractivity contribution in [1.29, 1.82) is 0 Å². The first kappa shape index (κ1) is 9.24. The number of carboxylic acids is 1. The monoisotopic (exact) mass is 183 g/mol. The summed E-state index contributed by atoms with van der Waals surface area (Å²) in [5.41, 5.74) is -0.0914. The van der Waals surface area contributed by atoms with Crippen LogP contribution in [0.15, 0.2) is 6.07 Å². The molecular weight excluding hydrogens is 174 g/mol. The van der Waals surface area contributed by atoms with Gasteiger partial charge in [-0.15, -0.1) is 0 Å². The van der Waals surface area contributed by atoms with Gasteiger partial charge in [-0.1, -0.05) is 0 Å². The molecule has 0 aliphatic rings. The molecule has 13 heavy (non-hydrogen) atoms. The van der Waals surface area contributed by atoms with Crippen LogP contribution < -0.4 is 5.32 Å². The van der Waals surface area contributed by atoms with E-state index in [1.807, 2.05) is 0 Å². The molecule has 0 saturated carbocycles. The number of amides is 1. The van der Waals surface area contributed by atoms with Crippen LogP contribution in [0.25, 0.3) is 0 Å². The van der Waals surface area contributed by atoms with E-state index < -0.39 is 5.97 Å². The summed E-state index contributed by atoms with van der Waals surface area (Å²) >= 11 is 0. The Kier molecular flexibility index (Phi) is 2.32. The van der Waals surface area contributed by atoms with Gasteiger partial charge in [-0.3, -0.25) is 9.48 Å². The highest BCUT2D eigenvalue weighted by Gasteiger charge is 2.11. The Morgan fingerprint density at radius 3 is 2.62 bits per heavy atom. The molecule has 6 heteroatoms. The number of carbonyl (C=O) groups excluding carboxylic acids is 1. The van der Waals surface area contributed by atoms with Crippen molar-refractivity contribution in [2.45, 2.75) is 6.92 Å². The van der Waals surface area contributed by atoms with E-state index in [0.29, 0.717) is 5.82 Å². The first-order valence-electron chi connectivity index (χ1n) is 3.55. The maximum atomic E-state index is 10.6. The summed E-state index contributed by atoms with van der Waals surface area (Å²) in [6.07, 6.45) is 0. The van der Waals surface area contributed by atoms with E-state index in [0.717, 1.165) is 0 Å². The zero-order valence-corrected chi connectivity index (χ0v) is 7.24. The van der Waals surface area contributed by atoms with Gasteiger partial charge in [-0.2, -0.15) is 5.10 Å². The van der Waals surface area contributed by atoms with Crippen molar-refractivity contribution in [2.24, 2.45) is 7.05 Å². The van der Waals surface area contributed by atoms with Crippen molar-refractivity contribution in [3.8, 4) is 0 Å². The van der Waals surface area contributed by atoms with Gasteiger partial charge in [0.2, 0.25) is 5.91 Å². The lowest BCUT2D eigenvalue weighted by Crippen LogP contribution is -2.09. The van der Waals surface area contributed by atoms with Crippen molar-refractivity contribution < 1.29 is 14.7 Å². The number of carbonyl (C=O) groups is 2. The number of aryl methyl sites for hydroxylation is 1. The lowest BCUT2D eigenvalue weighted by molar-refractivity contribution is -0.114. The van der Waals surface area contributed by atoms with E-state index in [2.05, 4.69) is 10.4 Å². The molecule has 0 aliphatic heterocycles. The Labute approximate surface area is 74.2 Å². The van der Waals surface area contributed by atoms with Crippen molar-refractivity contribution >= 4 is 17.7 Å². The van der Waals surface area contributed by atoms with E-state index in [1.165, 1.54) is 17.7 Å². The van der Waals surface area contributed by atoms with Gasteiger partial charge >= 0.3 is 5.97 Å². The van der Waals surface area contributed by atoms with E-state index in [9.17, 15) is 9.59 Å². The van der Waals surface area contributed by atoms with E-state index in [-0.39, 0.29) is 11.6 Å². The van der Waals surface area contributed by atoms with Gasteiger partial charge in [-0.25, -0.2) is 4.79 Å². The predicted molar refractivity (Wildman–Crippen MR) is 44.5 cm³/mol. The third-order valence-corrected chi connectivity index (χ3v) is 1.40. The molecule has 1 rings (SSSR count). The largest absolute Gasteiger partial charge is 0.476 e. The molecule has 1 heterocycles. The van der Waals surface area contributed by atoms with E-state index >= 15 is 0 Å². The molecule has 2 N–H and O–H groups in total. The average Bonchev–Trinajstić information content (AvgIpc) is 2.31. The molecule has 0 fully saturated rings. The van der Waals surface area contributed by atoms with Gasteiger partial charge in [-0.05, 0) is 0 Å². The fourth-order valence-electron chi connectivity index (χ4n) is 0.869. The summed E-state index contributed by atoms with van der Waals surface area (Å²) in [4.78, 5) is 21.1. The molecular formula is C7H9N3O3. The van der Waals surface area contributed by atoms with Crippen LogP contribution in [0, 0.1) is 0 Å². The molecule has 0 bridgehead atoms. The Bertz CT molecular complexity index is 356. The smallest absolute Gasteiger partial charge is 0.356 e. The fraction of sp³-hybridized carbons (Fsp3) is 0.286. The summed E-state index contributed by atoms with van der Waals surface area (Å²) in [7, 11) is 1.55. The summed E-state index contributed by atoms with van der Waals surface area (Å²) in [6, 6.07) is 1.30. The minimum absolute atomic E-state index is 0.0914. The van der Waals surface area contributed by atoms with Gasteiger partial charge in [0, 0.05) is 20.0 Å². The molecule has 70 valence electrons. The number of aromatic carboxylic acids is 1. The molecule has 1 aromatic heterocycles. The van der Waals surface area contributed by atoms with Gasteiger partial charge in [0.1, 0.15) is 5.82 Å². The number of carboxylic acid groups (broad SMARTS) is 1. The lowest BCUT2D eigenvalue weighted by atomic mass is 10.4. The summed E-state index contributed by atoms with van der Waals surface area (Å²) in [6.45, 7) is 1.34. The molecule has 0 atom stereocenters. The summed E-state index contributed by atoms with van der Waals surface area (Å²) in [5, 5.41) is 14.7. The molecule has 0 unspecified atom stereocenters. The summed E-state index contributed by atoms with van der Waals surface area (Å²) in [5.74, 6) is -1.02. The topological polar surface area (TPSA) is 84.2 Å². The minimum Gasteiger partial charge on any atom is -0.476 e. The predicted octanol–water partition coefficient (Wildman–Crippen LogP) is 0.0767. The third kappa shape index (κ3) is 2.05. The van der Waals surface area contributed by atoms with Crippen molar-refractivity contribution in [3.05, 3.63) is 11.8 Å². The zero-order valence-electron chi connectivity index (χ0n) is 7.24. The van der Waals surface area contributed by atoms with Crippen LogP contribution in [-0.2, 0) is 11.8 Å².